The number of hydrogen-bond acceptors (Lipinski definition) is 5. The zero-order valence-electron chi connectivity index (χ0n) is 11.2. The summed E-state index contributed by atoms with van der Waals surface area (Å²) >= 11 is 1.45. The standard InChI is InChI=1S/C13H19N3O3S/c14-12(10-2-1-9-20-10)13(18)15-4-3-11(17)16-5-7-19-8-6-16/h1-2,9,12H,3-8,14H2,(H,15,18). The fraction of sp³-hybridized carbons (Fsp3) is 0.538. The second-order valence-corrected chi connectivity index (χ2v) is 5.51. The molecular formula is C13H19N3O3S. The van der Waals surface area contributed by atoms with Gasteiger partial charge in [-0.1, -0.05) is 6.07 Å². The number of rotatable bonds is 5. The molecular weight excluding hydrogens is 278 g/mol. The second kappa shape index (κ2) is 7.37. The van der Waals surface area contributed by atoms with E-state index in [0.29, 0.717) is 39.3 Å². The molecule has 0 radical (unpaired) electrons. The number of ether oxygens (including phenoxy) is 1. The van der Waals surface area contributed by atoms with Gasteiger partial charge in [0.1, 0.15) is 6.04 Å². The van der Waals surface area contributed by atoms with Gasteiger partial charge in [0.05, 0.1) is 13.2 Å². The number of hydrogen-bond donors (Lipinski definition) is 2. The highest BCUT2D eigenvalue weighted by Gasteiger charge is 2.19. The molecule has 1 unspecified atom stereocenters. The summed E-state index contributed by atoms with van der Waals surface area (Å²) in [5, 5.41) is 4.58. The molecule has 6 nitrogen and oxygen atoms in total. The fourth-order valence-electron chi connectivity index (χ4n) is 1.97. The number of amides is 2. The first-order valence-electron chi connectivity index (χ1n) is 6.60. The van der Waals surface area contributed by atoms with Crippen molar-refractivity contribution in [1.29, 1.82) is 0 Å². The zero-order chi connectivity index (χ0) is 14.4. The quantitative estimate of drug-likeness (QED) is 0.808. The number of thiophene rings is 1. The lowest BCUT2D eigenvalue weighted by atomic mass is 10.2. The summed E-state index contributed by atoms with van der Waals surface area (Å²) in [4.78, 5) is 26.3. The molecule has 1 atom stereocenters. The van der Waals surface area contributed by atoms with Crippen LogP contribution >= 0.6 is 11.3 Å². The number of nitrogens with zero attached hydrogens (tertiary/aromatic N) is 1. The van der Waals surface area contributed by atoms with E-state index < -0.39 is 6.04 Å². The molecule has 0 bridgehead atoms. The van der Waals surface area contributed by atoms with E-state index in [1.165, 1.54) is 11.3 Å². The topological polar surface area (TPSA) is 84.7 Å². The van der Waals surface area contributed by atoms with Crippen LogP contribution in [0, 0.1) is 0 Å². The van der Waals surface area contributed by atoms with Crippen molar-refractivity contribution in [2.45, 2.75) is 12.5 Å². The number of nitrogens with two attached hydrogens (primary N) is 1. The maximum atomic E-state index is 11.9. The molecule has 110 valence electrons. The molecule has 0 spiro atoms. The minimum Gasteiger partial charge on any atom is -0.378 e. The third-order valence-electron chi connectivity index (χ3n) is 3.13. The molecule has 1 fully saturated rings. The molecule has 1 saturated heterocycles. The van der Waals surface area contributed by atoms with Crippen molar-refractivity contribution in [2.24, 2.45) is 5.73 Å². The molecule has 3 N–H and O–H groups in total. The normalized spacial score (nSPS) is 16.8. The highest BCUT2D eigenvalue weighted by atomic mass is 32.1. The van der Waals surface area contributed by atoms with Gasteiger partial charge in [-0.2, -0.15) is 0 Å². The van der Waals surface area contributed by atoms with E-state index >= 15 is 0 Å². The van der Waals surface area contributed by atoms with Crippen LogP contribution in [0.3, 0.4) is 0 Å². The Morgan fingerprint density at radius 1 is 1.45 bits per heavy atom. The third-order valence-corrected chi connectivity index (χ3v) is 4.09. The third kappa shape index (κ3) is 4.03. The minimum absolute atomic E-state index is 0.0401. The number of carbonyl (C=O) groups is 2. The average molecular weight is 297 g/mol. The molecule has 2 amide bonds. The van der Waals surface area contributed by atoms with Crippen LogP contribution in [0.2, 0.25) is 0 Å². The van der Waals surface area contributed by atoms with Crippen molar-refractivity contribution in [3.8, 4) is 0 Å². The van der Waals surface area contributed by atoms with E-state index in [0.717, 1.165) is 4.88 Å². The van der Waals surface area contributed by atoms with Crippen LogP contribution < -0.4 is 11.1 Å². The van der Waals surface area contributed by atoms with Crippen LogP contribution in [-0.4, -0.2) is 49.6 Å². The Kier molecular flexibility index (Phi) is 5.51. The van der Waals surface area contributed by atoms with Crippen LogP contribution in [0.4, 0.5) is 0 Å². The molecule has 0 saturated carbocycles. The van der Waals surface area contributed by atoms with Crippen LogP contribution in [0.25, 0.3) is 0 Å². The molecule has 7 heteroatoms. The summed E-state index contributed by atoms with van der Waals surface area (Å²) in [6.07, 6.45) is 0.295. The Labute approximate surface area is 121 Å². The zero-order valence-corrected chi connectivity index (χ0v) is 12.0. The fourth-order valence-corrected chi connectivity index (χ4v) is 2.70. The first kappa shape index (κ1) is 15.0. The second-order valence-electron chi connectivity index (χ2n) is 4.53. The summed E-state index contributed by atoms with van der Waals surface area (Å²) < 4.78 is 5.19. The van der Waals surface area contributed by atoms with Crippen LogP contribution in [0.5, 0.6) is 0 Å². The van der Waals surface area contributed by atoms with Crippen LogP contribution in [-0.2, 0) is 14.3 Å². The van der Waals surface area contributed by atoms with E-state index in [1.807, 2.05) is 17.5 Å². The molecule has 0 aliphatic carbocycles. The SMILES string of the molecule is NC(C(=O)NCCC(=O)N1CCOCC1)c1cccs1. The lowest BCUT2D eigenvalue weighted by molar-refractivity contribution is -0.135. The Bertz CT molecular complexity index is 444. The summed E-state index contributed by atoms with van der Waals surface area (Å²) in [6, 6.07) is 3.02. The van der Waals surface area contributed by atoms with Gasteiger partial charge in [0, 0.05) is 30.9 Å². The van der Waals surface area contributed by atoms with Crippen molar-refractivity contribution < 1.29 is 14.3 Å². The highest BCUT2D eigenvalue weighted by molar-refractivity contribution is 7.10. The minimum atomic E-state index is -0.659. The van der Waals surface area contributed by atoms with Gasteiger partial charge in [0.25, 0.3) is 0 Å². The van der Waals surface area contributed by atoms with Crippen molar-refractivity contribution in [2.75, 3.05) is 32.8 Å². The van der Waals surface area contributed by atoms with Gasteiger partial charge in [0.2, 0.25) is 11.8 Å². The predicted molar refractivity (Wildman–Crippen MR) is 76.3 cm³/mol. The molecule has 2 heterocycles. The summed E-state index contributed by atoms with van der Waals surface area (Å²) in [6.45, 7) is 2.74. The van der Waals surface area contributed by atoms with E-state index in [-0.39, 0.29) is 11.8 Å². The molecule has 1 aliphatic heterocycles. The number of morpholine rings is 1. The van der Waals surface area contributed by atoms with Crippen LogP contribution in [0.15, 0.2) is 17.5 Å². The lowest BCUT2D eigenvalue weighted by Crippen LogP contribution is -2.42. The molecule has 1 aromatic heterocycles. The van der Waals surface area contributed by atoms with Gasteiger partial charge in [-0.25, -0.2) is 0 Å². The molecule has 0 aromatic carbocycles. The van der Waals surface area contributed by atoms with Crippen LogP contribution in [0.1, 0.15) is 17.3 Å². The van der Waals surface area contributed by atoms with E-state index in [9.17, 15) is 9.59 Å². The highest BCUT2D eigenvalue weighted by Crippen LogP contribution is 2.16. The number of nitrogens with one attached hydrogen (secondary N) is 1. The molecule has 1 aromatic rings. The Balaban J connectivity index is 1.69. The van der Waals surface area contributed by atoms with Gasteiger partial charge < -0.3 is 20.7 Å². The van der Waals surface area contributed by atoms with Crippen molar-refractivity contribution in [3.05, 3.63) is 22.4 Å². The Hall–Kier alpha value is -1.44. The summed E-state index contributed by atoms with van der Waals surface area (Å²) in [5.41, 5.74) is 5.83. The van der Waals surface area contributed by atoms with Gasteiger partial charge in [-0.3, -0.25) is 9.59 Å². The van der Waals surface area contributed by atoms with Gasteiger partial charge >= 0.3 is 0 Å². The first-order valence-corrected chi connectivity index (χ1v) is 7.48. The van der Waals surface area contributed by atoms with Gasteiger partial charge in [-0.05, 0) is 11.4 Å². The van der Waals surface area contributed by atoms with E-state index in [4.69, 9.17) is 10.5 Å². The Morgan fingerprint density at radius 2 is 2.20 bits per heavy atom. The smallest absolute Gasteiger partial charge is 0.242 e. The maximum absolute atomic E-state index is 11.9. The van der Waals surface area contributed by atoms with E-state index in [2.05, 4.69) is 5.32 Å². The number of carbonyl (C=O) groups excluding carboxylic acids is 2. The van der Waals surface area contributed by atoms with Gasteiger partial charge in [-0.15, -0.1) is 11.3 Å². The Morgan fingerprint density at radius 3 is 2.85 bits per heavy atom. The average Bonchev–Trinajstić information content (AvgIpc) is 3.01. The van der Waals surface area contributed by atoms with Crippen molar-refractivity contribution in [3.63, 3.8) is 0 Å². The summed E-state index contributed by atoms with van der Waals surface area (Å²) in [5.74, 6) is -0.208. The molecule has 1 aliphatic rings. The molecule has 2 rings (SSSR count). The summed E-state index contributed by atoms with van der Waals surface area (Å²) in [7, 11) is 0. The lowest BCUT2D eigenvalue weighted by Gasteiger charge is -2.26. The van der Waals surface area contributed by atoms with Gasteiger partial charge in [0.15, 0.2) is 0 Å². The largest absolute Gasteiger partial charge is 0.378 e. The van der Waals surface area contributed by atoms with Crippen molar-refractivity contribution in [1.82, 2.24) is 10.2 Å². The predicted octanol–water partition coefficient (Wildman–Crippen LogP) is 0.113. The first-order chi connectivity index (χ1) is 9.68. The van der Waals surface area contributed by atoms with E-state index in [1.54, 1.807) is 4.90 Å². The molecule has 20 heavy (non-hydrogen) atoms. The monoisotopic (exact) mass is 297 g/mol. The van der Waals surface area contributed by atoms with Crippen molar-refractivity contribution >= 4 is 23.2 Å². The maximum Gasteiger partial charge on any atom is 0.242 e.